The van der Waals surface area contributed by atoms with Gasteiger partial charge in [0.05, 0.1) is 6.54 Å². The van der Waals surface area contributed by atoms with Gasteiger partial charge in [-0.05, 0) is 25.2 Å². The second-order valence-electron chi connectivity index (χ2n) is 5.68. The summed E-state index contributed by atoms with van der Waals surface area (Å²) in [6, 6.07) is 0.348. The Morgan fingerprint density at radius 3 is 2.95 bits per heavy atom. The number of carbonyl (C=O) groups excluding carboxylic acids is 1. The topological polar surface area (TPSA) is 82.5 Å². The van der Waals surface area contributed by atoms with Crippen LogP contribution in [0.3, 0.4) is 0 Å². The van der Waals surface area contributed by atoms with Gasteiger partial charge in [-0.3, -0.25) is 0 Å². The van der Waals surface area contributed by atoms with E-state index in [1.807, 2.05) is 4.90 Å². The zero-order valence-electron chi connectivity index (χ0n) is 11.7. The largest absolute Gasteiger partial charge is 0.476 e. The number of aromatic nitrogens is 1. The maximum Gasteiger partial charge on any atom is 0.355 e. The summed E-state index contributed by atoms with van der Waals surface area (Å²) in [4.78, 5) is 29.0. The monoisotopic (exact) mass is 309 g/mol. The van der Waals surface area contributed by atoms with E-state index in [0.717, 1.165) is 19.4 Å². The van der Waals surface area contributed by atoms with E-state index < -0.39 is 5.97 Å². The highest BCUT2D eigenvalue weighted by Crippen LogP contribution is 2.36. The molecule has 2 fully saturated rings. The van der Waals surface area contributed by atoms with E-state index in [1.54, 1.807) is 0 Å². The first kappa shape index (κ1) is 14.3. The molecule has 2 N–H and O–H groups in total. The predicted octanol–water partition coefficient (Wildman–Crippen LogP) is 2.32. The molecule has 0 spiro atoms. The van der Waals surface area contributed by atoms with E-state index in [0.29, 0.717) is 23.5 Å². The van der Waals surface area contributed by atoms with Crippen LogP contribution in [-0.4, -0.2) is 39.6 Å². The first-order valence-corrected chi connectivity index (χ1v) is 8.25. The minimum Gasteiger partial charge on any atom is -0.476 e. The lowest BCUT2D eigenvalue weighted by Crippen LogP contribution is -2.44. The number of likely N-dealkylation sites (tertiary alicyclic amines) is 1. The Morgan fingerprint density at radius 2 is 2.19 bits per heavy atom. The van der Waals surface area contributed by atoms with Crippen molar-refractivity contribution in [2.24, 2.45) is 5.92 Å². The van der Waals surface area contributed by atoms with Crippen LogP contribution < -0.4 is 5.32 Å². The number of fused-ring (bicyclic) bond motifs is 1. The number of nitrogens with zero attached hydrogens (tertiary/aromatic N) is 2. The van der Waals surface area contributed by atoms with Crippen LogP contribution >= 0.6 is 11.3 Å². The molecule has 114 valence electrons. The smallest absolute Gasteiger partial charge is 0.355 e. The number of hydrogen-bond acceptors (Lipinski definition) is 4. The van der Waals surface area contributed by atoms with Crippen LogP contribution in [0.25, 0.3) is 0 Å². The summed E-state index contributed by atoms with van der Waals surface area (Å²) in [5.41, 5.74) is 0.0396. The molecule has 1 saturated heterocycles. The van der Waals surface area contributed by atoms with E-state index in [4.69, 9.17) is 5.11 Å². The number of hydrogen-bond donors (Lipinski definition) is 2. The average molecular weight is 309 g/mol. The second kappa shape index (κ2) is 6.01. The molecule has 1 saturated carbocycles. The SMILES string of the molecule is O=C(O)c1csc(CNC(=O)N2CCC3CCCCC32)n1. The fraction of sp³-hybridized carbons (Fsp3) is 0.643. The first-order valence-electron chi connectivity index (χ1n) is 7.37. The number of carboxylic acid groups (broad SMARTS) is 1. The van der Waals surface area contributed by atoms with Crippen LogP contribution in [0.1, 0.15) is 47.6 Å². The Hall–Kier alpha value is -1.63. The number of amides is 2. The zero-order valence-corrected chi connectivity index (χ0v) is 12.6. The molecule has 1 aliphatic carbocycles. The van der Waals surface area contributed by atoms with Crippen molar-refractivity contribution in [3.8, 4) is 0 Å². The third kappa shape index (κ3) is 3.02. The van der Waals surface area contributed by atoms with E-state index in [1.165, 1.54) is 36.0 Å². The zero-order chi connectivity index (χ0) is 14.8. The average Bonchev–Trinajstić information content (AvgIpc) is 3.11. The van der Waals surface area contributed by atoms with Crippen LogP contribution in [0.5, 0.6) is 0 Å². The molecular weight excluding hydrogens is 290 g/mol. The molecule has 7 heteroatoms. The minimum absolute atomic E-state index is 0.0396. The van der Waals surface area contributed by atoms with Gasteiger partial charge < -0.3 is 15.3 Å². The Morgan fingerprint density at radius 1 is 1.38 bits per heavy atom. The van der Waals surface area contributed by atoms with Crippen molar-refractivity contribution in [2.45, 2.75) is 44.7 Å². The molecule has 0 radical (unpaired) electrons. The summed E-state index contributed by atoms with van der Waals surface area (Å²) in [7, 11) is 0. The fourth-order valence-corrected chi connectivity index (χ4v) is 4.11. The normalized spacial score (nSPS) is 24.7. The van der Waals surface area contributed by atoms with Crippen molar-refractivity contribution in [2.75, 3.05) is 6.54 Å². The third-order valence-electron chi connectivity index (χ3n) is 4.43. The molecule has 0 aromatic carbocycles. The van der Waals surface area contributed by atoms with Crippen LogP contribution in [0.15, 0.2) is 5.38 Å². The van der Waals surface area contributed by atoms with E-state index in [2.05, 4.69) is 10.3 Å². The lowest BCUT2D eigenvalue weighted by molar-refractivity contribution is 0.0691. The lowest BCUT2D eigenvalue weighted by Gasteiger charge is -2.31. The molecular formula is C14H19N3O3S. The van der Waals surface area contributed by atoms with Crippen molar-refractivity contribution >= 4 is 23.3 Å². The quantitative estimate of drug-likeness (QED) is 0.897. The number of thiazole rings is 1. The number of rotatable bonds is 3. The third-order valence-corrected chi connectivity index (χ3v) is 5.28. The van der Waals surface area contributed by atoms with Gasteiger partial charge in [-0.15, -0.1) is 11.3 Å². The Labute approximate surface area is 127 Å². The minimum atomic E-state index is -1.03. The molecule has 6 nitrogen and oxygen atoms in total. The lowest BCUT2D eigenvalue weighted by atomic mass is 9.85. The van der Waals surface area contributed by atoms with Crippen molar-refractivity contribution in [1.82, 2.24) is 15.2 Å². The highest BCUT2D eigenvalue weighted by atomic mass is 32.1. The standard InChI is InChI=1S/C14H19N3O3S/c18-13(19)10-8-21-12(16-10)7-15-14(20)17-6-5-9-3-1-2-4-11(9)17/h8-9,11H,1-7H2,(H,15,20)(H,18,19). The van der Waals surface area contributed by atoms with E-state index >= 15 is 0 Å². The summed E-state index contributed by atoms with van der Waals surface area (Å²) in [5.74, 6) is -0.364. The van der Waals surface area contributed by atoms with Crippen molar-refractivity contribution in [1.29, 1.82) is 0 Å². The first-order chi connectivity index (χ1) is 10.1. The summed E-state index contributed by atoms with van der Waals surface area (Å²) >= 11 is 1.26. The summed E-state index contributed by atoms with van der Waals surface area (Å²) < 4.78 is 0. The van der Waals surface area contributed by atoms with E-state index in [9.17, 15) is 9.59 Å². The van der Waals surface area contributed by atoms with E-state index in [-0.39, 0.29) is 11.7 Å². The molecule has 2 amide bonds. The van der Waals surface area contributed by atoms with Crippen LogP contribution in [0, 0.1) is 5.92 Å². The number of urea groups is 1. The van der Waals surface area contributed by atoms with Gasteiger partial charge in [-0.2, -0.15) is 0 Å². The number of nitrogens with one attached hydrogen (secondary N) is 1. The number of carbonyl (C=O) groups is 2. The predicted molar refractivity (Wildman–Crippen MR) is 78.4 cm³/mol. The summed E-state index contributed by atoms with van der Waals surface area (Å²) in [5, 5.41) is 13.8. The van der Waals surface area contributed by atoms with Gasteiger partial charge in [0, 0.05) is 18.0 Å². The summed E-state index contributed by atoms with van der Waals surface area (Å²) in [6.45, 7) is 1.13. The molecule has 2 atom stereocenters. The van der Waals surface area contributed by atoms with Gasteiger partial charge in [-0.25, -0.2) is 14.6 Å². The van der Waals surface area contributed by atoms with Gasteiger partial charge in [0.1, 0.15) is 5.01 Å². The number of carboxylic acids is 1. The molecule has 1 aromatic heterocycles. The molecule has 3 rings (SSSR count). The maximum absolute atomic E-state index is 12.3. The second-order valence-corrected chi connectivity index (χ2v) is 6.63. The van der Waals surface area contributed by atoms with Crippen molar-refractivity contribution in [3.63, 3.8) is 0 Å². The Kier molecular flexibility index (Phi) is 4.10. The van der Waals surface area contributed by atoms with Crippen LogP contribution in [0.4, 0.5) is 4.79 Å². The van der Waals surface area contributed by atoms with Crippen molar-refractivity contribution in [3.05, 3.63) is 16.1 Å². The molecule has 0 bridgehead atoms. The van der Waals surface area contributed by atoms with Crippen LogP contribution in [0.2, 0.25) is 0 Å². The van der Waals surface area contributed by atoms with Crippen molar-refractivity contribution < 1.29 is 14.7 Å². The Bertz CT molecular complexity index is 545. The molecule has 2 unspecified atom stereocenters. The Balaban J connectivity index is 1.55. The summed E-state index contributed by atoms with van der Waals surface area (Å²) in [6.07, 6.45) is 5.95. The van der Waals surface area contributed by atoms with Crippen LogP contribution in [-0.2, 0) is 6.54 Å². The van der Waals surface area contributed by atoms with Gasteiger partial charge >= 0.3 is 12.0 Å². The van der Waals surface area contributed by atoms with Gasteiger partial charge in [-0.1, -0.05) is 12.8 Å². The van der Waals surface area contributed by atoms with Gasteiger partial charge in [0.2, 0.25) is 0 Å². The maximum atomic E-state index is 12.3. The van der Waals surface area contributed by atoms with Gasteiger partial charge in [0.15, 0.2) is 5.69 Å². The molecule has 2 aliphatic rings. The number of aromatic carboxylic acids is 1. The molecule has 2 heterocycles. The highest BCUT2D eigenvalue weighted by molar-refractivity contribution is 7.09. The fourth-order valence-electron chi connectivity index (χ4n) is 3.40. The highest BCUT2D eigenvalue weighted by Gasteiger charge is 2.38. The molecule has 1 aliphatic heterocycles. The van der Waals surface area contributed by atoms with Gasteiger partial charge in [0.25, 0.3) is 0 Å². The molecule has 1 aromatic rings. The molecule has 21 heavy (non-hydrogen) atoms.